The minimum absolute atomic E-state index is 0.0288. The van der Waals surface area contributed by atoms with Crippen LogP contribution in [0.1, 0.15) is 20.3 Å². The highest BCUT2D eigenvalue weighted by atomic mass is 79.9. The molecular weight excluding hydrogens is 406 g/mol. The number of benzene rings is 2. The maximum atomic E-state index is 12.6. The smallest absolute Gasteiger partial charge is 0.229 e. The van der Waals surface area contributed by atoms with Crippen molar-refractivity contribution < 1.29 is 9.59 Å². The molecule has 0 aliphatic carbocycles. The summed E-state index contributed by atoms with van der Waals surface area (Å²) in [6, 6.07) is 15.4. The minimum Gasteiger partial charge on any atom is -0.372 e. The number of amides is 2. The second-order valence-corrected chi connectivity index (χ2v) is 7.42. The first-order chi connectivity index (χ1) is 13.0. The molecule has 1 aliphatic rings. The fourth-order valence-electron chi connectivity index (χ4n) is 3.38. The Morgan fingerprint density at radius 3 is 2.44 bits per heavy atom. The third-order valence-corrected chi connectivity index (χ3v) is 5.57. The van der Waals surface area contributed by atoms with E-state index in [2.05, 4.69) is 40.0 Å². The molecule has 0 bridgehead atoms. The van der Waals surface area contributed by atoms with Crippen molar-refractivity contribution in [1.82, 2.24) is 0 Å². The van der Waals surface area contributed by atoms with Crippen molar-refractivity contribution in [2.24, 2.45) is 5.92 Å². The topological polar surface area (TPSA) is 52.7 Å². The van der Waals surface area contributed by atoms with E-state index in [1.807, 2.05) is 48.5 Å². The van der Waals surface area contributed by atoms with E-state index in [9.17, 15) is 9.59 Å². The minimum atomic E-state index is -0.355. The van der Waals surface area contributed by atoms with Gasteiger partial charge in [0.05, 0.1) is 11.6 Å². The van der Waals surface area contributed by atoms with E-state index in [0.29, 0.717) is 6.54 Å². The Kier molecular flexibility index (Phi) is 6.16. The zero-order valence-electron chi connectivity index (χ0n) is 15.6. The van der Waals surface area contributed by atoms with E-state index in [1.54, 1.807) is 4.90 Å². The van der Waals surface area contributed by atoms with Crippen LogP contribution in [0.15, 0.2) is 53.0 Å². The molecule has 2 aromatic carbocycles. The second kappa shape index (κ2) is 8.57. The van der Waals surface area contributed by atoms with Crippen molar-refractivity contribution in [2.45, 2.75) is 20.3 Å². The summed E-state index contributed by atoms with van der Waals surface area (Å²) in [7, 11) is 0. The fraction of sp³-hybridized carbons (Fsp3) is 0.333. The van der Waals surface area contributed by atoms with Gasteiger partial charge in [0.2, 0.25) is 11.8 Å². The van der Waals surface area contributed by atoms with E-state index >= 15 is 0 Å². The zero-order valence-corrected chi connectivity index (χ0v) is 17.2. The number of hydrogen-bond acceptors (Lipinski definition) is 3. The Hall–Kier alpha value is -2.34. The summed E-state index contributed by atoms with van der Waals surface area (Å²) in [5, 5.41) is 2.95. The highest BCUT2D eigenvalue weighted by Crippen LogP contribution is 2.31. The van der Waals surface area contributed by atoms with Crippen LogP contribution in [-0.4, -0.2) is 31.4 Å². The predicted octanol–water partition coefficient (Wildman–Crippen LogP) is 4.29. The van der Waals surface area contributed by atoms with Gasteiger partial charge in [-0.25, -0.2) is 0 Å². The number of rotatable bonds is 6. The molecular formula is C21H24BrN3O2. The summed E-state index contributed by atoms with van der Waals surface area (Å²) in [5.74, 6) is -0.500. The van der Waals surface area contributed by atoms with Crippen LogP contribution in [-0.2, 0) is 9.59 Å². The Balaban J connectivity index is 1.65. The molecule has 2 aromatic rings. The third-order valence-electron chi connectivity index (χ3n) is 4.90. The first-order valence-electron chi connectivity index (χ1n) is 9.24. The van der Waals surface area contributed by atoms with Crippen LogP contribution >= 0.6 is 15.9 Å². The monoisotopic (exact) mass is 429 g/mol. The largest absolute Gasteiger partial charge is 0.372 e. The van der Waals surface area contributed by atoms with Gasteiger partial charge in [0.25, 0.3) is 0 Å². The first kappa shape index (κ1) is 19.4. The van der Waals surface area contributed by atoms with Gasteiger partial charge in [0, 0.05) is 41.9 Å². The Morgan fingerprint density at radius 1 is 1.15 bits per heavy atom. The van der Waals surface area contributed by atoms with Gasteiger partial charge in [-0.15, -0.1) is 0 Å². The molecule has 1 unspecified atom stereocenters. The molecule has 5 nitrogen and oxygen atoms in total. The third kappa shape index (κ3) is 4.33. The van der Waals surface area contributed by atoms with Gasteiger partial charge in [-0.3, -0.25) is 9.59 Å². The van der Waals surface area contributed by atoms with Crippen LogP contribution in [0, 0.1) is 5.92 Å². The van der Waals surface area contributed by atoms with Crippen LogP contribution in [0.3, 0.4) is 0 Å². The molecule has 1 N–H and O–H groups in total. The SMILES string of the molecule is CCN(CC)c1ccc(NC(=O)C2CC(=O)N(c3ccccc3Br)C2)cc1. The van der Waals surface area contributed by atoms with Crippen molar-refractivity contribution in [2.75, 3.05) is 34.8 Å². The van der Waals surface area contributed by atoms with Crippen molar-refractivity contribution in [3.05, 3.63) is 53.0 Å². The molecule has 142 valence electrons. The molecule has 6 heteroatoms. The second-order valence-electron chi connectivity index (χ2n) is 6.57. The predicted molar refractivity (Wildman–Crippen MR) is 113 cm³/mol. The van der Waals surface area contributed by atoms with E-state index in [4.69, 9.17) is 0 Å². The number of carbonyl (C=O) groups excluding carboxylic acids is 2. The van der Waals surface area contributed by atoms with Gasteiger partial charge in [-0.05, 0) is 66.2 Å². The molecule has 0 aromatic heterocycles. The van der Waals surface area contributed by atoms with E-state index in [-0.39, 0.29) is 24.2 Å². The molecule has 1 saturated heterocycles. The van der Waals surface area contributed by atoms with Crippen molar-refractivity contribution in [3.8, 4) is 0 Å². The van der Waals surface area contributed by atoms with Gasteiger partial charge in [-0.2, -0.15) is 0 Å². The highest BCUT2D eigenvalue weighted by molar-refractivity contribution is 9.10. The quantitative estimate of drug-likeness (QED) is 0.744. The molecule has 0 spiro atoms. The molecule has 1 fully saturated rings. The number of para-hydroxylation sites is 1. The number of carbonyl (C=O) groups is 2. The standard InChI is InChI=1S/C21H24BrN3O2/c1-3-24(4-2)17-11-9-16(10-12-17)23-21(27)15-13-20(26)25(14-15)19-8-6-5-7-18(19)22/h5-12,15H,3-4,13-14H2,1-2H3,(H,23,27). The van der Waals surface area contributed by atoms with Crippen LogP contribution in [0.2, 0.25) is 0 Å². The maximum absolute atomic E-state index is 12.6. The van der Waals surface area contributed by atoms with Crippen LogP contribution in [0.4, 0.5) is 17.1 Å². The molecule has 3 rings (SSSR count). The van der Waals surface area contributed by atoms with Crippen LogP contribution < -0.4 is 15.1 Å². The molecule has 0 saturated carbocycles. The Bertz CT molecular complexity index is 818. The molecule has 0 radical (unpaired) electrons. The highest BCUT2D eigenvalue weighted by Gasteiger charge is 2.35. The number of halogens is 1. The van der Waals surface area contributed by atoms with Gasteiger partial charge >= 0.3 is 0 Å². The summed E-state index contributed by atoms with van der Waals surface area (Å²) >= 11 is 3.48. The Morgan fingerprint density at radius 2 is 1.81 bits per heavy atom. The lowest BCUT2D eigenvalue weighted by Gasteiger charge is -2.21. The van der Waals surface area contributed by atoms with Gasteiger partial charge in [0.15, 0.2) is 0 Å². The number of anilines is 3. The van der Waals surface area contributed by atoms with Gasteiger partial charge < -0.3 is 15.1 Å². The zero-order chi connectivity index (χ0) is 19.4. The van der Waals surface area contributed by atoms with Crippen LogP contribution in [0.5, 0.6) is 0 Å². The molecule has 1 aliphatic heterocycles. The van der Waals surface area contributed by atoms with Crippen molar-refractivity contribution in [3.63, 3.8) is 0 Å². The average molecular weight is 430 g/mol. The maximum Gasteiger partial charge on any atom is 0.229 e. The molecule has 1 atom stereocenters. The molecule has 2 amide bonds. The first-order valence-corrected chi connectivity index (χ1v) is 10.0. The average Bonchev–Trinajstić information content (AvgIpc) is 3.06. The summed E-state index contributed by atoms with van der Waals surface area (Å²) in [5.41, 5.74) is 2.69. The lowest BCUT2D eigenvalue weighted by molar-refractivity contribution is -0.122. The van der Waals surface area contributed by atoms with Crippen molar-refractivity contribution >= 4 is 44.8 Å². The van der Waals surface area contributed by atoms with E-state index in [0.717, 1.165) is 34.6 Å². The lowest BCUT2D eigenvalue weighted by atomic mass is 10.1. The number of hydrogen-bond donors (Lipinski definition) is 1. The summed E-state index contributed by atoms with van der Waals surface area (Å²) in [4.78, 5) is 29.0. The summed E-state index contributed by atoms with van der Waals surface area (Å²) in [6.07, 6.45) is 0.227. The van der Waals surface area contributed by atoms with Gasteiger partial charge in [0.1, 0.15) is 0 Å². The summed E-state index contributed by atoms with van der Waals surface area (Å²) in [6.45, 7) is 6.51. The molecule has 27 heavy (non-hydrogen) atoms. The number of nitrogens with one attached hydrogen (secondary N) is 1. The van der Waals surface area contributed by atoms with Gasteiger partial charge in [-0.1, -0.05) is 12.1 Å². The van der Waals surface area contributed by atoms with E-state index in [1.165, 1.54) is 0 Å². The normalized spacial score (nSPS) is 16.5. The Labute approximate surface area is 168 Å². The van der Waals surface area contributed by atoms with Crippen LogP contribution in [0.25, 0.3) is 0 Å². The van der Waals surface area contributed by atoms with E-state index < -0.39 is 0 Å². The van der Waals surface area contributed by atoms with Crippen molar-refractivity contribution in [1.29, 1.82) is 0 Å². The number of nitrogens with zero attached hydrogens (tertiary/aromatic N) is 2. The molecule has 1 heterocycles. The summed E-state index contributed by atoms with van der Waals surface area (Å²) < 4.78 is 0.853. The fourth-order valence-corrected chi connectivity index (χ4v) is 3.87. The lowest BCUT2D eigenvalue weighted by Crippen LogP contribution is -2.28.